The quantitative estimate of drug-likeness (QED) is 0.534. The predicted octanol–water partition coefficient (Wildman–Crippen LogP) is 1.55. The molecule has 1 heterocycles. The molecule has 0 bridgehead atoms. The highest BCUT2D eigenvalue weighted by Crippen LogP contribution is 2.12. The molecule has 0 saturated heterocycles. The number of esters is 1. The Bertz CT molecular complexity index is 900. The Morgan fingerprint density at radius 1 is 1.03 bits per heavy atom. The molecule has 0 aliphatic heterocycles. The first-order chi connectivity index (χ1) is 14.6. The number of hydrogen-bond acceptors (Lipinski definition) is 6. The lowest BCUT2D eigenvalue weighted by molar-refractivity contribution is -0.150. The van der Waals surface area contributed by atoms with E-state index in [-0.39, 0.29) is 12.2 Å². The summed E-state index contributed by atoms with van der Waals surface area (Å²) in [4.78, 5) is 47.5. The van der Waals surface area contributed by atoms with E-state index in [2.05, 4.69) is 5.32 Å². The van der Waals surface area contributed by atoms with Gasteiger partial charge in [-0.2, -0.15) is 13.2 Å². The first-order valence-corrected chi connectivity index (χ1v) is 8.83. The summed E-state index contributed by atoms with van der Waals surface area (Å²) < 4.78 is 45.9. The van der Waals surface area contributed by atoms with Crippen molar-refractivity contribution >= 4 is 23.8 Å². The van der Waals surface area contributed by atoms with Crippen LogP contribution in [-0.4, -0.2) is 49.2 Å². The number of carbonyl (C=O) groups excluding carboxylic acids is 4. The zero-order chi connectivity index (χ0) is 22.9. The molecule has 166 valence electrons. The van der Waals surface area contributed by atoms with Crippen LogP contribution in [0.5, 0.6) is 0 Å². The van der Waals surface area contributed by atoms with Crippen LogP contribution in [0.15, 0.2) is 53.1 Å². The lowest BCUT2D eigenvalue weighted by Crippen LogP contribution is -2.46. The summed E-state index contributed by atoms with van der Waals surface area (Å²) in [6.07, 6.45) is -3.35. The molecule has 9 nitrogen and oxygen atoms in total. The molecular formula is C19H18F3N3O6. The molecule has 4 amide bonds. The normalized spacial score (nSPS) is 11.8. The molecule has 0 aliphatic carbocycles. The van der Waals surface area contributed by atoms with Crippen LogP contribution in [-0.2, 0) is 20.7 Å². The third-order valence-electron chi connectivity index (χ3n) is 3.67. The molecule has 0 unspecified atom stereocenters. The summed E-state index contributed by atoms with van der Waals surface area (Å²) in [5.41, 5.74) is 0.681. The summed E-state index contributed by atoms with van der Waals surface area (Å²) in [7, 11) is 0. The summed E-state index contributed by atoms with van der Waals surface area (Å²) in [5, 5.41) is 5.45. The van der Waals surface area contributed by atoms with Crippen molar-refractivity contribution in [2.24, 2.45) is 0 Å². The second-order valence-electron chi connectivity index (χ2n) is 6.15. The summed E-state index contributed by atoms with van der Waals surface area (Å²) in [5.74, 6) is -2.89. The van der Waals surface area contributed by atoms with E-state index in [4.69, 9.17) is 9.15 Å². The fourth-order valence-corrected chi connectivity index (χ4v) is 2.30. The molecule has 31 heavy (non-hydrogen) atoms. The number of ether oxygens (including phenoxy) is 1. The molecule has 1 aromatic carbocycles. The SMILES string of the molecule is O=C(COC(=O)[C@H](Cc1ccccc1)NC(=O)c1ccco1)NC(=O)NCC(F)(F)F. The monoisotopic (exact) mass is 441 g/mol. The second kappa shape index (κ2) is 10.8. The lowest BCUT2D eigenvalue weighted by Gasteiger charge is -2.17. The molecular weight excluding hydrogens is 423 g/mol. The van der Waals surface area contributed by atoms with Gasteiger partial charge in [-0.3, -0.25) is 14.9 Å². The van der Waals surface area contributed by atoms with E-state index in [1.807, 2.05) is 0 Å². The van der Waals surface area contributed by atoms with Crippen LogP contribution >= 0.6 is 0 Å². The first kappa shape index (κ1) is 23.4. The zero-order valence-electron chi connectivity index (χ0n) is 15.9. The molecule has 2 rings (SSSR count). The molecule has 0 spiro atoms. The smallest absolute Gasteiger partial charge is 0.405 e. The largest absolute Gasteiger partial charge is 0.459 e. The second-order valence-corrected chi connectivity index (χ2v) is 6.15. The molecule has 3 N–H and O–H groups in total. The van der Waals surface area contributed by atoms with Gasteiger partial charge in [-0.05, 0) is 17.7 Å². The Labute approximate surface area is 173 Å². The number of halogens is 3. The fraction of sp³-hybridized carbons (Fsp3) is 0.263. The Balaban J connectivity index is 1.93. The van der Waals surface area contributed by atoms with E-state index in [0.29, 0.717) is 5.56 Å². The first-order valence-electron chi connectivity index (χ1n) is 8.83. The molecule has 0 fully saturated rings. The molecule has 0 radical (unpaired) electrons. The van der Waals surface area contributed by atoms with E-state index >= 15 is 0 Å². The molecule has 1 atom stereocenters. The standard InChI is InChI=1S/C19H18F3N3O6/c20-19(21,22)11-23-18(29)25-15(26)10-31-17(28)13(9-12-5-2-1-3-6-12)24-16(27)14-7-4-8-30-14/h1-8,13H,9-11H2,(H,24,27)(H2,23,25,26,29)/t13-/m0/s1. The van der Waals surface area contributed by atoms with Gasteiger partial charge in [-0.25, -0.2) is 9.59 Å². The van der Waals surface area contributed by atoms with Crippen LogP contribution in [0, 0.1) is 0 Å². The minimum Gasteiger partial charge on any atom is -0.459 e. The summed E-state index contributed by atoms with van der Waals surface area (Å²) in [6, 6.07) is 8.87. The minimum atomic E-state index is -4.65. The number of nitrogens with one attached hydrogen (secondary N) is 3. The maximum absolute atomic E-state index is 12.4. The van der Waals surface area contributed by atoms with Crippen molar-refractivity contribution in [1.82, 2.24) is 16.0 Å². The number of urea groups is 1. The molecule has 0 saturated carbocycles. The Morgan fingerprint density at radius 2 is 1.74 bits per heavy atom. The van der Waals surface area contributed by atoms with Gasteiger partial charge in [0.2, 0.25) is 0 Å². The van der Waals surface area contributed by atoms with Gasteiger partial charge in [-0.15, -0.1) is 0 Å². The average molecular weight is 441 g/mol. The number of furan rings is 1. The highest BCUT2D eigenvalue weighted by Gasteiger charge is 2.28. The number of carbonyl (C=O) groups is 4. The topological polar surface area (TPSA) is 127 Å². The van der Waals surface area contributed by atoms with Crippen molar-refractivity contribution in [2.75, 3.05) is 13.2 Å². The maximum Gasteiger partial charge on any atom is 0.405 e. The summed E-state index contributed by atoms with van der Waals surface area (Å²) in [6.45, 7) is -2.58. The predicted molar refractivity (Wildman–Crippen MR) is 98.7 cm³/mol. The van der Waals surface area contributed by atoms with Gasteiger partial charge in [0.1, 0.15) is 12.6 Å². The van der Waals surface area contributed by atoms with Crippen LogP contribution in [0.3, 0.4) is 0 Å². The van der Waals surface area contributed by atoms with Crippen LogP contribution in [0.25, 0.3) is 0 Å². The van der Waals surface area contributed by atoms with Crippen molar-refractivity contribution in [3.05, 3.63) is 60.1 Å². The zero-order valence-corrected chi connectivity index (χ0v) is 15.9. The number of benzene rings is 1. The van der Waals surface area contributed by atoms with E-state index in [0.717, 1.165) is 0 Å². The van der Waals surface area contributed by atoms with Gasteiger partial charge in [0, 0.05) is 6.42 Å². The van der Waals surface area contributed by atoms with Gasteiger partial charge in [0.25, 0.3) is 11.8 Å². The van der Waals surface area contributed by atoms with E-state index in [1.54, 1.807) is 35.6 Å². The van der Waals surface area contributed by atoms with Gasteiger partial charge in [0.05, 0.1) is 6.26 Å². The van der Waals surface area contributed by atoms with Gasteiger partial charge in [0.15, 0.2) is 12.4 Å². The van der Waals surface area contributed by atoms with Crippen molar-refractivity contribution < 1.29 is 41.5 Å². The number of amides is 4. The number of rotatable bonds is 8. The van der Waals surface area contributed by atoms with Crippen molar-refractivity contribution in [3.8, 4) is 0 Å². The van der Waals surface area contributed by atoms with Crippen molar-refractivity contribution in [3.63, 3.8) is 0 Å². The number of hydrogen-bond donors (Lipinski definition) is 3. The van der Waals surface area contributed by atoms with E-state index < -0.39 is 49.2 Å². The van der Waals surface area contributed by atoms with Crippen LogP contribution in [0.1, 0.15) is 16.1 Å². The van der Waals surface area contributed by atoms with Crippen molar-refractivity contribution in [1.29, 1.82) is 0 Å². The highest BCUT2D eigenvalue weighted by atomic mass is 19.4. The van der Waals surface area contributed by atoms with Gasteiger partial charge < -0.3 is 19.8 Å². The Hall–Kier alpha value is -3.83. The van der Waals surface area contributed by atoms with Crippen molar-refractivity contribution in [2.45, 2.75) is 18.6 Å². The summed E-state index contributed by atoms with van der Waals surface area (Å²) >= 11 is 0. The van der Waals surface area contributed by atoms with Crippen LogP contribution < -0.4 is 16.0 Å². The van der Waals surface area contributed by atoms with Crippen LogP contribution in [0.4, 0.5) is 18.0 Å². The lowest BCUT2D eigenvalue weighted by atomic mass is 10.1. The maximum atomic E-state index is 12.4. The third kappa shape index (κ3) is 8.60. The van der Waals surface area contributed by atoms with Gasteiger partial charge >= 0.3 is 18.2 Å². The van der Waals surface area contributed by atoms with Gasteiger partial charge in [-0.1, -0.05) is 30.3 Å². The fourth-order valence-electron chi connectivity index (χ4n) is 2.30. The molecule has 12 heteroatoms. The van der Waals surface area contributed by atoms with E-state index in [9.17, 15) is 32.3 Å². The highest BCUT2D eigenvalue weighted by molar-refractivity contribution is 5.97. The van der Waals surface area contributed by atoms with Crippen LogP contribution in [0.2, 0.25) is 0 Å². The Kier molecular flexibility index (Phi) is 8.17. The average Bonchev–Trinajstić information content (AvgIpc) is 3.25. The minimum absolute atomic E-state index is 0.0276. The molecule has 2 aromatic rings. The number of imide groups is 1. The molecule has 0 aliphatic rings. The Morgan fingerprint density at radius 3 is 2.35 bits per heavy atom. The molecule has 1 aromatic heterocycles. The number of alkyl halides is 3. The third-order valence-corrected chi connectivity index (χ3v) is 3.67. The van der Waals surface area contributed by atoms with E-state index in [1.165, 1.54) is 23.7 Å².